The molecule has 1 aromatic heterocycles. The molecule has 0 atom stereocenters. The SMILES string of the molecule is O=C(CNc1c(Br)cc(Br)cc1Br)N/N=C\c1cccnc1. The second kappa shape index (κ2) is 8.40. The first-order chi connectivity index (χ1) is 10.6. The van der Waals surface area contributed by atoms with Crippen molar-refractivity contribution in [2.45, 2.75) is 0 Å². The molecule has 1 heterocycles. The highest BCUT2D eigenvalue weighted by Gasteiger charge is 2.08. The van der Waals surface area contributed by atoms with Crippen molar-refractivity contribution < 1.29 is 4.79 Å². The van der Waals surface area contributed by atoms with E-state index in [4.69, 9.17) is 0 Å². The van der Waals surface area contributed by atoms with E-state index in [2.05, 4.69) is 68.6 Å². The van der Waals surface area contributed by atoms with Gasteiger partial charge in [0.2, 0.25) is 0 Å². The normalized spacial score (nSPS) is 10.7. The third kappa shape index (κ3) is 5.19. The summed E-state index contributed by atoms with van der Waals surface area (Å²) in [6, 6.07) is 7.43. The minimum Gasteiger partial charge on any atom is -0.374 e. The largest absolute Gasteiger partial charge is 0.374 e. The third-order valence-electron chi connectivity index (χ3n) is 2.52. The van der Waals surface area contributed by atoms with Crippen molar-refractivity contribution in [3.05, 3.63) is 55.6 Å². The van der Waals surface area contributed by atoms with Crippen LogP contribution in [0.2, 0.25) is 0 Å². The summed E-state index contributed by atoms with van der Waals surface area (Å²) in [7, 11) is 0. The number of benzene rings is 1. The standard InChI is InChI=1S/C14H11Br3N4O/c15-10-4-11(16)14(12(17)5-10)19-8-13(22)21-20-7-9-2-1-3-18-6-9/h1-7,19H,8H2,(H,21,22)/b20-7-. The lowest BCUT2D eigenvalue weighted by Crippen LogP contribution is -2.26. The summed E-state index contributed by atoms with van der Waals surface area (Å²) in [6.07, 6.45) is 4.87. The summed E-state index contributed by atoms with van der Waals surface area (Å²) in [5.41, 5.74) is 4.07. The molecule has 0 spiro atoms. The second-order valence-electron chi connectivity index (χ2n) is 4.18. The van der Waals surface area contributed by atoms with Crippen molar-refractivity contribution in [3.8, 4) is 0 Å². The Morgan fingerprint density at radius 1 is 1.27 bits per heavy atom. The number of hydrogen-bond acceptors (Lipinski definition) is 4. The van der Waals surface area contributed by atoms with Gasteiger partial charge in [0.25, 0.3) is 5.91 Å². The van der Waals surface area contributed by atoms with Crippen LogP contribution in [-0.4, -0.2) is 23.7 Å². The lowest BCUT2D eigenvalue weighted by atomic mass is 10.3. The maximum atomic E-state index is 11.8. The van der Waals surface area contributed by atoms with Crippen molar-refractivity contribution in [2.24, 2.45) is 5.10 Å². The Labute approximate surface area is 153 Å². The second-order valence-corrected chi connectivity index (χ2v) is 6.80. The molecule has 0 bridgehead atoms. The summed E-state index contributed by atoms with van der Waals surface area (Å²) in [5.74, 6) is -0.248. The molecule has 0 radical (unpaired) electrons. The molecule has 8 heteroatoms. The van der Waals surface area contributed by atoms with Crippen LogP contribution in [0.5, 0.6) is 0 Å². The Morgan fingerprint density at radius 3 is 2.64 bits per heavy atom. The van der Waals surface area contributed by atoms with Gasteiger partial charge >= 0.3 is 0 Å². The molecule has 2 N–H and O–H groups in total. The van der Waals surface area contributed by atoms with Crippen LogP contribution in [0.4, 0.5) is 5.69 Å². The van der Waals surface area contributed by atoms with Crippen LogP contribution in [-0.2, 0) is 4.79 Å². The number of anilines is 1. The molecule has 1 amide bonds. The molecule has 1 aromatic carbocycles. The first kappa shape index (κ1) is 17.1. The first-order valence-electron chi connectivity index (χ1n) is 6.16. The summed E-state index contributed by atoms with van der Waals surface area (Å²) >= 11 is 10.3. The predicted molar refractivity (Wildman–Crippen MR) is 98.0 cm³/mol. The topological polar surface area (TPSA) is 66.4 Å². The van der Waals surface area contributed by atoms with Gasteiger partial charge in [-0.05, 0) is 50.1 Å². The quantitative estimate of drug-likeness (QED) is 0.493. The van der Waals surface area contributed by atoms with Crippen LogP contribution in [0.15, 0.2) is 55.2 Å². The number of hydrogen-bond donors (Lipinski definition) is 2. The van der Waals surface area contributed by atoms with Gasteiger partial charge in [0.05, 0.1) is 18.4 Å². The van der Waals surface area contributed by atoms with Crippen LogP contribution in [0.25, 0.3) is 0 Å². The van der Waals surface area contributed by atoms with E-state index in [0.717, 1.165) is 24.7 Å². The van der Waals surface area contributed by atoms with E-state index < -0.39 is 0 Å². The molecule has 0 unspecified atom stereocenters. The minimum atomic E-state index is -0.248. The number of hydrazone groups is 1. The highest BCUT2D eigenvalue weighted by atomic mass is 79.9. The molecule has 0 aliphatic heterocycles. The van der Waals surface area contributed by atoms with E-state index in [9.17, 15) is 4.79 Å². The molecule has 22 heavy (non-hydrogen) atoms. The van der Waals surface area contributed by atoms with Gasteiger partial charge in [-0.25, -0.2) is 5.43 Å². The fourth-order valence-corrected chi connectivity index (χ4v) is 4.09. The molecule has 0 saturated carbocycles. The Kier molecular flexibility index (Phi) is 6.53. The molecule has 0 fully saturated rings. The lowest BCUT2D eigenvalue weighted by molar-refractivity contribution is -0.119. The van der Waals surface area contributed by atoms with Crippen molar-refractivity contribution in [2.75, 3.05) is 11.9 Å². The molecule has 5 nitrogen and oxygen atoms in total. The number of carbonyl (C=O) groups is 1. The van der Waals surface area contributed by atoms with Gasteiger partial charge < -0.3 is 5.32 Å². The van der Waals surface area contributed by atoms with Gasteiger partial charge in [0, 0.05) is 31.4 Å². The first-order valence-corrected chi connectivity index (χ1v) is 8.54. The number of aromatic nitrogens is 1. The Balaban J connectivity index is 1.87. The van der Waals surface area contributed by atoms with Gasteiger partial charge in [0.1, 0.15) is 0 Å². The number of carbonyl (C=O) groups excluding carboxylic acids is 1. The van der Waals surface area contributed by atoms with E-state index in [0.29, 0.717) is 0 Å². The van der Waals surface area contributed by atoms with Crippen LogP contribution in [0.1, 0.15) is 5.56 Å². The zero-order chi connectivity index (χ0) is 15.9. The lowest BCUT2D eigenvalue weighted by Gasteiger charge is -2.10. The number of rotatable bonds is 5. The van der Waals surface area contributed by atoms with Crippen molar-refractivity contribution in [1.82, 2.24) is 10.4 Å². The van der Waals surface area contributed by atoms with E-state index in [1.54, 1.807) is 18.5 Å². The van der Waals surface area contributed by atoms with Crippen LogP contribution in [0, 0.1) is 0 Å². The highest BCUT2D eigenvalue weighted by Crippen LogP contribution is 2.34. The number of nitrogens with one attached hydrogen (secondary N) is 2. The molecule has 2 rings (SSSR count). The van der Waals surface area contributed by atoms with Gasteiger partial charge in [-0.15, -0.1) is 0 Å². The average molecular weight is 491 g/mol. The van der Waals surface area contributed by atoms with Crippen LogP contribution >= 0.6 is 47.8 Å². The fraction of sp³-hybridized carbons (Fsp3) is 0.0714. The Bertz CT molecular complexity index is 669. The number of nitrogens with zero attached hydrogens (tertiary/aromatic N) is 2. The minimum absolute atomic E-state index is 0.100. The molecular formula is C14H11Br3N4O. The van der Waals surface area contributed by atoms with Gasteiger partial charge in [-0.1, -0.05) is 22.0 Å². The monoisotopic (exact) mass is 488 g/mol. The maximum absolute atomic E-state index is 11.8. The number of amides is 1. The summed E-state index contributed by atoms with van der Waals surface area (Å²) < 4.78 is 2.63. The summed E-state index contributed by atoms with van der Waals surface area (Å²) in [6.45, 7) is 0.100. The van der Waals surface area contributed by atoms with E-state index in [1.165, 1.54) is 6.21 Å². The molecule has 114 valence electrons. The fourth-order valence-electron chi connectivity index (χ4n) is 1.55. The van der Waals surface area contributed by atoms with Crippen molar-refractivity contribution in [1.29, 1.82) is 0 Å². The van der Waals surface area contributed by atoms with Crippen molar-refractivity contribution >= 4 is 65.6 Å². The van der Waals surface area contributed by atoms with Gasteiger partial charge in [-0.2, -0.15) is 5.10 Å². The maximum Gasteiger partial charge on any atom is 0.259 e. The van der Waals surface area contributed by atoms with Crippen LogP contribution in [0.3, 0.4) is 0 Å². The zero-order valence-corrected chi connectivity index (χ0v) is 15.9. The summed E-state index contributed by atoms with van der Waals surface area (Å²) in [5, 5.41) is 6.92. The molecule has 0 aliphatic rings. The Hall–Kier alpha value is -1.25. The van der Waals surface area contributed by atoms with E-state index >= 15 is 0 Å². The molecule has 0 saturated heterocycles. The molecular weight excluding hydrogens is 480 g/mol. The smallest absolute Gasteiger partial charge is 0.259 e. The Morgan fingerprint density at radius 2 is 2.00 bits per heavy atom. The van der Waals surface area contributed by atoms with E-state index in [-0.39, 0.29) is 12.5 Å². The van der Waals surface area contributed by atoms with E-state index in [1.807, 2.05) is 18.2 Å². The molecule has 2 aromatic rings. The van der Waals surface area contributed by atoms with Crippen molar-refractivity contribution in [3.63, 3.8) is 0 Å². The van der Waals surface area contributed by atoms with Gasteiger partial charge in [0.15, 0.2) is 0 Å². The average Bonchev–Trinajstić information content (AvgIpc) is 2.47. The predicted octanol–water partition coefficient (Wildman–Crippen LogP) is 3.93. The zero-order valence-electron chi connectivity index (χ0n) is 11.2. The summed E-state index contributed by atoms with van der Waals surface area (Å²) in [4.78, 5) is 15.7. The third-order valence-corrected chi connectivity index (χ3v) is 4.23. The van der Waals surface area contributed by atoms with Gasteiger partial charge in [-0.3, -0.25) is 9.78 Å². The molecule has 0 aliphatic carbocycles. The highest BCUT2D eigenvalue weighted by molar-refractivity contribution is 9.11. The number of halogens is 3. The number of pyridine rings is 1. The van der Waals surface area contributed by atoms with Crippen LogP contribution < -0.4 is 10.7 Å².